The summed E-state index contributed by atoms with van der Waals surface area (Å²) in [5, 5.41) is 4.97. The Balaban J connectivity index is 2.44. The van der Waals surface area contributed by atoms with Crippen molar-refractivity contribution in [2.75, 3.05) is 13.1 Å². The highest BCUT2D eigenvalue weighted by atomic mass is 35.5. The van der Waals surface area contributed by atoms with E-state index < -0.39 is 28.0 Å². The lowest BCUT2D eigenvalue weighted by atomic mass is 10.3. The number of carbonyl (C=O) groups excluding carboxylic acids is 2. The van der Waals surface area contributed by atoms with E-state index in [9.17, 15) is 18.0 Å². The number of hydrogen-bond acceptors (Lipinski definition) is 4. The molecule has 0 unspecified atom stereocenters. The van der Waals surface area contributed by atoms with Crippen LogP contribution in [0.25, 0.3) is 0 Å². The van der Waals surface area contributed by atoms with Gasteiger partial charge in [0.25, 0.3) is 0 Å². The quantitative estimate of drug-likeness (QED) is 0.508. The summed E-state index contributed by atoms with van der Waals surface area (Å²) in [7, 11) is -3.70. The van der Waals surface area contributed by atoms with Gasteiger partial charge in [-0.05, 0) is 25.1 Å². The second-order valence-corrected chi connectivity index (χ2v) is 6.58. The maximum Gasteiger partial charge on any atom is 0.312 e. The highest BCUT2D eigenvalue weighted by Crippen LogP contribution is 2.14. The van der Waals surface area contributed by atoms with Crippen molar-refractivity contribution in [3.8, 4) is 0 Å². The maximum absolute atomic E-state index is 12.0. The number of nitrogens with one attached hydrogen (secondary N) is 3. The summed E-state index contributed by atoms with van der Waals surface area (Å²) in [6, 6.07) is 4.20. The zero-order chi connectivity index (χ0) is 16.8. The van der Waals surface area contributed by atoms with E-state index in [0.717, 1.165) is 0 Å². The summed E-state index contributed by atoms with van der Waals surface area (Å²) in [5.41, 5.74) is 4.89. The maximum atomic E-state index is 12.0. The summed E-state index contributed by atoms with van der Waals surface area (Å²) < 4.78 is 26.2. The molecule has 0 aliphatic heterocycles. The molecule has 10 heteroatoms. The number of amides is 3. The number of sulfonamides is 1. The molecule has 0 fully saturated rings. The van der Waals surface area contributed by atoms with Crippen molar-refractivity contribution >= 4 is 33.6 Å². The molecule has 0 aliphatic carbocycles. The van der Waals surface area contributed by atoms with Gasteiger partial charge in [0.1, 0.15) is 6.04 Å². The van der Waals surface area contributed by atoms with Crippen LogP contribution in [0.4, 0.5) is 4.79 Å². The highest BCUT2D eigenvalue weighted by Gasteiger charge is 2.15. The summed E-state index contributed by atoms with van der Waals surface area (Å²) in [5.74, 6) is -0.472. The molecule has 122 valence electrons. The Morgan fingerprint density at radius 1 is 1.32 bits per heavy atom. The van der Waals surface area contributed by atoms with Crippen LogP contribution in [-0.2, 0) is 14.8 Å². The number of urea groups is 1. The lowest BCUT2D eigenvalue weighted by Crippen LogP contribution is -2.48. The van der Waals surface area contributed by atoms with Gasteiger partial charge in [0.05, 0.1) is 4.90 Å². The fraction of sp³-hybridized carbons (Fsp3) is 0.333. The second-order valence-electron chi connectivity index (χ2n) is 4.38. The number of benzene rings is 1. The normalized spacial score (nSPS) is 12.5. The highest BCUT2D eigenvalue weighted by molar-refractivity contribution is 7.89. The van der Waals surface area contributed by atoms with Crippen molar-refractivity contribution in [2.45, 2.75) is 17.9 Å². The fourth-order valence-corrected chi connectivity index (χ4v) is 2.85. The first-order chi connectivity index (χ1) is 10.2. The molecule has 0 spiro atoms. The van der Waals surface area contributed by atoms with Gasteiger partial charge in [-0.15, -0.1) is 0 Å². The average molecular weight is 349 g/mol. The van der Waals surface area contributed by atoms with Crippen molar-refractivity contribution in [2.24, 2.45) is 5.73 Å². The van der Waals surface area contributed by atoms with Crippen LogP contribution in [0.2, 0.25) is 5.02 Å². The fourth-order valence-electron chi connectivity index (χ4n) is 1.52. The number of hydrogen-bond donors (Lipinski definition) is 4. The molecule has 0 radical (unpaired) electrons. The largest absolute Gasteiger partial charge is 0.353 e. The van der Waals surface area contributed by atoms with Crippen LogP contribution in [0.15, 0.2) is 29.2 Å². The Labute approximate surface area is 133 Å². The topological polar surface area (TPSA) is 130 Å². The Kier molecular flexibility index (Phi) is 6.60. The zero-order valence-corrected chi connectivity index (χ0v) is 13.4. The van der Waals surface area contributed by atoms with E-state index in [-0.39, 0.29) is 18.0 Å². The molecule has 0 aromatic heterocycles. The Morgan fingerprint density at radius 3 is 2.59 bits per heavy atom. The Morgan fingerprint density at radius 2 is 2.00 bits per heavy atom. The molecule has 0 saturated heterocycles. The van der Waals surface area contributed by atoms with Gasteiger partial charge in [-0.2, -0.15) is 0 Å². The summed E-state index contributed by atoms with van der Waals surface area (Å²) in [6.45, 7) is 1.50. The molecular weight excluding hydrogens is 332 g/mol. The molecule has 1 aromatic carbocycles. The molecule has 0 heterocycles. The lowest BCUT2D eigenvalue weighted by Gasteiger charge is -2.13. The minimum absolute atomic E-state index is 0.0100. The first-order valence-corrected chi connectivity index (χ1v) is 8.17. The van der Waals surface area contributed by atoms with E-state index in [2.05, 4.69) is 15.4 Å². The lowest BCUT2D eigenvalue weighted by molar-refractivity contribution is -0.122. The van der Waals surface area contributed by atoms with E-state index >= 15 is 0 Å². The van der Waals surface area contributed by atoms with Crippen LogP contribution in [0.1, 0.15) is 6.92 Å². The smallest absolute Gasteiger partial charge is 0.312 e. The molecule has 1 atom stereocenters. The SMILES string of the molecule is C[C@H](NC(N)=O)C(=O)NCCNS(=O)(=O)c1cccc(Cl)c1. The first kappa shape index (κ1) is 18.2. The van der Waals surface area contributed by atoms with Gasteiger partial charge in [0.15, 0.2) is 0 Å². The van der Waals surface area contributed by atoms with Gasteiger partial charge in [-0.3, -0.25) is 4.79 Å². The standard InChI is InChI=1S/C12H17ClN4O4S/c1-8(17-12(14)19)11(18)15-5-6-16-22(20,21)10-4-2-3-9(13)7-10/h2-4,7-8,16H,5-6H2,1H3,(H,15,18)(H3,14,17,19)/t8-/m0/s1. The average Bonchev–Trinajstić information content (AvgIpc) is 2.42. The second kappa shape index (κ2) is 7.97. The Bertz CT molecular complexity index is 650. The van der Waals surface area contributed by atoms with Crippen LogP contribution in [-0.4, -0.2) is 39.5 Å². The zero-order valence-electron chi connectivity index (χ0n) is 11.8. The van der Waals surface area contributed by atoms with Crippen molar-refractivity contribution in [3.05, 3.63) is 29.3 Å². The van der Waals surface area contributed by atoms with Crippen LogP contribution in [0.5, 0.6) is 0 Å². The van der Waals surface area contributed by atoms with Gasteiger partial charge in [0, 0.05) is 18.1 Å². The third kappa shape index (κ3) is 5.88. The van der Waals surface area contributed by atoms with E-state index in [4.69, 9.17) is 17.3 Å². The van der Waals surface area contributed by atoms with Gasteiger partial charge >= 0.3 is 6.03 Å². The number of halogens is 1. The van der Waals surface area contributed by atoms with Crippen LogP contribution < -0.4 is 21.1 Å². The molecule has 3 amide bonds. The molecule has 5 N–H and O–H groups in total. The monoisotopic (exact) mass is 348 g/mol. The number of carbonyl (C=O) groups is 2. The van der Waals surface area contributed by atoms with Gasteiger partial charge in [-0.1, -0.05) is 17.7 Å². The number of primary amides is 1. The molecule has 1 rings (SSSR count). The molecule has 1 aromatic rings. The van der Waals surface area contributed by atoms with Crippen molar-refractivity contribution < 1.29 is 18.0 Å². The predicted molar refractivity (Wildman–Crippen MR) is 81.8 cm³/mol. The molecule has 0 aliphatic rings. The van der Waals surface area contributed by atoms with Crippen molar-refractivity contribution in [3.63, 3.8) is 0 Å². The van der Waals surface area contributed by atoms with Gasteiger partial charge in [-0.25, -0.2) is 17.9 Å². The van der Waals surface area contributed by atoms with Crippen molar-refractivity contribution in [1.29, 1.82) is 0 Å². The first-order valence-electron chi connectivity index (χ1n) is 6.31. The molecule has 22 heavy (non-hydrogen) atoms. The third-order valence-electron chi connectivity index (χ3n) is 2.57. The molecule has 0 saturated carbocycles. The number of rotatable bonds is 7. The van der Waals surface area contributed by atoms with Gasteiger partial charge in [0.2, 0.25) is 15.9 Å². The van der Waals surface area contributed by atoms with Crippen LogP contribution in [0, 0.1) is 0 Å². The predicted octanol–water partition coefficient (Wildman–Crippen LogP) is -0.209. The summed E-state index contributed by atoms with van der Waals surface area (Å²) in [4.78, 5) is 22.2. The summed E-state index contributed by atoms with van der Waals surface area (Å²) in [6.07, 6.45) is 0. The van der Waals surface area contributed by atoms with E-state index in [1.165, 1.54) is 25.1 Å². The summed E-state index contributed by atoms with van der Waals surface area (Å²) >= 11 is 5.74. The molecule has 8 nitrogen and oxygen atoms in total. The minimum Gasteiger partial charge on any atom is -0.353 e. The van der Waals surface area contributed by atoms with Crippen molar-refractivity contribution in [1.82, 2.24) is 15.4 Å². The molecule has 0 bridgehead atoms. The van der Waals surface area contributed by atoms with E-state index in [0.29, 0.717) is 5.02 Å². The molecular formula is C12H17ClN4O4S. The third-order valence-corrected chi connectivity index (χ3v) is 4.27. The van der Waals surface area contributed by atoms with E-state index in [1.54, 1.807) is 6.07 Å². The van der Waals surface area contributed by atoms with Gasteiger partial charge < -0.3 is 16.4 Å². The number of nitrogens with two attached hydrogens (primary N) is 1. The minimum atomic E-state index is -3.70. The van der Waals surface area contributed by atoms with E-state index in [1.807, 2.05) is 0 Å². The van der Waals surface area contributed by atoms with Crippen LogP contribution >= 0.6 is 11.6 Å². The Hall–Kier alpha value is -1.84. The van der Waals surface area contributed by atoms with Crippen LogP contribution in [0.3, 0.4) is 0 Å².